The standard InChI is InChI=1S/C18H22N4O/c1-12-9-16(20-22(12)14-7-8-14)18(23)19-17-11-21(2)10-13-5-3-4-6-15(13)17/h3-6,9,14,17H,7-8,10-11H2,1-2H3,(H,19,23). The molecule has 1 saturated carbocycles. The van der Waals surface area contributed by atoms with Crippen molar-refractivity contribution in [3.63, 3.8) is 0 Å². The van der Waals surface area contributed by atoms with Gasteiger partial charge in [-0.05, 0) is 44.0 Å². The van der Waals surface area contributed by atoms with Crippen LogP contribution in [0.3, 0.4) is 0 Å². The minimum absolute atomic E-state index is 0.0174. The van der Waals surface area contributed by atoms with Gasteiger partial charge in [0.1, 0.15) is 5.69 Å². The summed E-state index contributed by atoms with van der Waals surface area (Å²) in [7, 11) is 2.08. The zero-order chi connectivity index (χ0) is 16.0. The Hall–Kier alpha value is -2.14. The van der Waals surface area contributed by atoms with E-state index in [1.54, 1.807) is 0 Å². The maximum absolute atomic E-state index is 12.6. The Bertz CT molecular complexity index is 747. The number of hydrogen-bond donors (Lipinski definition) is 1. The highest BCUT2D eigenvalue weighted by Crippen LogP contribution is 2.35. The van der Waals surface area contributed by atoms with Crippen LogP contribution in [0.15, 0.2) is 30.3 Å². The molecule has 1 aromatic heterocycles. The zero-order valence-corrected chi connectivity index (χ0v) is 13.6. The van der Waals surface area contributed by atoms with Gasteiger partial charge in [-0.15, -0.1) is 0 Å². The van der Waals surface area contributed by atoms with E-state index in [0.717, 1.165) is 18.8 Å². The molecule has 1 aliphatic heterocycles. The second kappa shape index (κ2) is 5.49. The number of carbonyl (C=O) groups excluding carboxylic acids is 1. The molecule has 0 bridgehead atoms. The molecular weight excluding hydrogens is 288 g/mol. The van der Waals surface area contributed by atoms with Crippen LogP contribution in [0, 0.1) is 6.92 Å². The smallest absolute Gasteiger partial charge is 0.272 e. The summed E-state index contributed by atoms with van der Waals surface area (Å²) in [6, 6.07) is 10.7. The van der Waals surface area contributed by atoms with Gasteiger partial charge in [-0.1, -0.05) is 24.3 Å². The van der Waals surface area contributed by atoms with Crippen LogP contribution in [0.5, 0.6) is 0 Å². The summed E-state index contributed by atoms with van der Waals surface area (Å²) in [5.41, 5.74) is 4.10. The molecule has 5 heteroatoms. The van der Waals surface area contributed by atoms with E-state index in [1.165, 1.54) is 24.0 Å². The number of likely N-dealkylation sites (N-methyl/N-ethyl adjacent to an activating group) is 1. The van der Waals surface area contributed by atoms with Crippen molar-refractivity contribution >= 4 is 5.91 Å². The quantitative estimate of drug-likeness (QED) is 0.947. The van der Waals surface area contributed by atoms with Crippen molar-refractivity contribution in [1.82, 2.24) is 20.0 Å². The molecule has 0 spiro atoms. The first kappa shape index (κ1) is 14.5. The van der Waals surface area contributed by atoms with Crippen LogP contribution in [0.2, 0.25) is 0 Å². The van der Waals surface area contributed by atoms with Crippen LogP contribution in [0.25, 0.3) is 0 Å². The summed E-state index contributed by atoms with van der Waals surface area (Å²) in [6.07, 6.45) is 2.34. The number of hydrogen-bond acceptors (Lipinski definition) is 3. The lowest BCUT2D eigenvalue weighted by molar-refractivity contribution is 0.0916. The van der Waals surface area contributed by atoms with Crippen molar-refractivity contribution in [2.45, 2.75) is 38.4 Å². The lowest BCUT2D eigenvalue weighted by Gasteiger charge is -2.32. The lowest BCUT2D eigenvalue weighted by Crippen LogP contribution is -2.40. The van der Waals surface area contributed by atoms with E-state index < -0.39 is 0 Å². The Morgan fingerprint density at radius 2 is 2.09 bits per heavy atom. The molecule has 23 heavy (non-hydrogen) atoms. The Morgan fingerprint density at radius 3 is 2.87 bits per heavy atom. The van der Waals surface area contributed by atoms with E-state index in [-0.39, 0.29) is 11.9 Å². The van der Waals surface area contributed by atoms with Crippen LogP contribution in [-0.4, -0.2) is 34.2 Å². The highest BCUT2D eigenvalue weighted by atomic mass is 16.2. The largest absolute Gasteiger partial charge is 0.343 e. The molecule has 1 atom stereocenters. The van der Waals surface area contributed by atoms with Crippen LogP contribution < -0.4 is 5.32 Å². The van der Waals surface area contributed by atoms with Crippen molar-refractivity contribution in [3.05, 3.63) is 52.8 Å². The third-order valence-electron chi connectivity index (χ3n) is 4.72. The maximum atomic E-state index is 12.6. The number of fused-ring (bicyclic) bond motifs is 1. The number of carbonyl (C=O) groups is 1. The first-order valence-corrected chi connectivity index (χ1v) is 8.25. The lowest BCUT2D eigenvalue weighted by atomic mass is 9.95. The van der Waals surface area contributed by atoms with Crippen LogP contribution in [0.4, 0.5) is 0 Å². The molecule has 1 unspecified atom stereocenters. The predicted molar refractivity (Wildman–Crippen MR) is 88.2 cm³/mol. The van der Waals surface area contributed by atoms with Gasteiger partial charge >= 0.3 is 0 Å². The van der Waals surface area contributed by atoms with Gasteiger partial charge in [0, 0.05) is 18.8 Å². The second-order valence-corrected chi connectivity index (χ2v) is 6.77. The number of benzene rings is 1. The molecule has 1 fully saturated rings. The highest BCUT2D eigenvalue weighted by Gasteiger charge is 2.29. The Balaban J connectivity index is 1.55. The molecule has 0 radical (unpaired) electrons. The molecule has 5 nitrogen and oxygen atoms in total. The molecule has 1 aromatic carbocycles. The average Bonchev–Trinajstić information content (AvgIpc) is 3.29. The van der Waals surface area contributed by atoms with Gasteiger partial charge in [0.05, 0.1) is 12.1 Å². The number of nitrogens with zero attached hydrogens (tertiary/aromatic N) is 3. The first-order chi connectivity index (χ1) is 11.1. The fourth-order valence-corrected chi connectivity index (χ4v) is 3.43. The summed E-state index contributed by atoms with van der Waals surface area (Å²) in [5.74, 6) is -0.0809. The molecule has 1 N–H and O–H groups in total. The molecule has 2 aromatic rings. The Labute approximate surface area is 136 Å². The Morgan fingerprint density at radius 1 is 1.30 bits per heavy atom. The van der Waals surface area contributed by atoms with E-state index in [4.69, 9.17) is 0 Å². The van der Waals surface area contributed by atoms with Gasteiger partial charge in [-0.3, -0.25) is 14.4 Å². The van der Waals surface area contributed by atoms with E-state index in [2.05, 4.69) is 40.6 Å². The van der Waals surface area contributed by atoms with Gasteiger partial charge in [0.2, 0.25) is 0 Å². The third kappa shape index (κ3) is 2.77. The van der Waals surface area contributed by atoms with Crippen molar-refractivity contribution in [1.29, 1.82) is 0 Å². The van der Waals surface area contributed by atoms with E-state index in [1.807, 2.05) is 23.7 Å². The fraction of sp³-hybridized carbons (Fsp3) is 0.444. The van der Waals surface area contributed by atoms with Gasteiger partial charge in [0.15, 0.2) is 0 Å². The number of nitrogens with one attached hydrogen (secondary N) is 1. The maximum Gasteiger partial charge on any atom is 0.272 e. The van der Waals surface area contributed by atoms with Gasteiger partial charge < -0.3 is 5.32 Å². The summed E-state index contributed by atoms with van der Waals surface area (Å²) in [5, 5.41) is 7.67. The van der Waals surface area contributed by atoms with Crippen LogP contribution >= 0.6 is 0 Å². The average molecular weight is 310 g/mol. The summed E-state index contributed by atoms with van der Waals surface area (Å²) in [4.78, 5) is 14.9. The SMILES string of the molecule is Cc1cc(C(=O)NC2CN(C)Cc3ccccc32)nn1C1CC1. The Kier molecular flexibility index (Phi) is 3.45. The summed E-state index contributed by atoms with van der Waals surface area (Å²) < 4.78 is 2.00. The molecule has 2 heterocycles. The van der Waals surface area contributed by atoms with Crippen LogP contribution in [-0.2, 0) is 6.54 Å². The van der Waals surface area contributed by atoms with E-state index in [9.17, 15) is 4.79 Å². The number of amides is 1. The third-order valence-corrected chi connectivity index (χ3v) is 4.72. The molecule has 1 aliphatic carbocycles. The van der Waals surface area contributed by atoms with E-state index in [0.29, 0.717) is 11.7 Å². The van der Waals surface area contributed by atoms with Gasteiger partial charge in [-0.25, -0.2) is 0 Å². The molecule has 4 rings (SSSR count). The predicted octanol–water partition coefficient (Wildman–Crippen LogP) is 2.44. The van der Waals surface area contributed by atoms with Crippen molar-refractivity contribution < 1.29 is 4.79 Å². The highest BCUT2D eigenvalue weighted by molar-refractivity contribution is 5.92. The van der Waals surface area contributed by atoms with Crippen molar-refractivity contribution in [3.8, 4) is 0 Å². The zero-order valence-electron chi connectivity index (χ0n) is 13.6. The van der Waals surface area contributed by atoms with E-state index >= 15 is 0 Å². The number of rotatable bonds is 3. The number of aromatic nitrogens is 2. The summed E-state index contributed by atoms with van der Waals surface area (Å²) >= 11 is 0. The van der Waals surface area contributed by atoms with Gasteiger partial charge in [-0.2, -0.15) is 5.10 Å². The topological polar surface area (TPSA) is 50.2 Å². The minimum Gasteiger partial charge on any atom is -0.343 e. The van der Waals surface area contributed by atoms with Crippen molar-refractivity contribution in [2.75, 3.05) is 13.6 Å². The normalized spacial score (nSPS) is 21.0. The monoisotopic (exact) mass is 310 g/mol. The first-order valence-electron chi connectivity index (χ1n) is 8.25. The minimum atomic E-state index is -0.0809. The second-order valence-electron chi connectivity index (χ2n) is 6.77. The fourth-order valence-electron chi connectivity index (χ4n) is 3.43. The molecule has 0 saturated heterocycles. The van der Waals surface area contributed by atoms with Gasteiger partial charge in [0.25, 0.3) is 5.91 Å². The number of aryl methyl sites for hydroxylation is 1. The molecule has 1 amide bonds. The molecule has 120 valence electrons. The molecule has 2 aliphatic rings. The molecular formula is C18H22N4O. The summed E-state index contributed by atoms with van der Waals surface area (Å²) in [6.45, 7) is 3.77. The van der Waals surface area contributed by atoms with Crippen molar-refractivity contribution in [2.24, 2.45) is 0 Å². The van der Waals surface area contributed by atoms with Crippen LogP contribution in [0.1, 0.15) is 52.2 Å².